The summed E-state index contributed by atoms with van der Waals surface area (Å²) >= 11 is 0. The van der Waals surface area contributed by atoms with Crippen LogP contribution in [0.3, 0.4) is 0 Å². The molecule has 5 nitrogen and oxygen atoms in total. The number of alkyl halides is 6. The second-order valence-corrected chi connectivity index (χ2v) is 8.83. The van der Waals surface area contributed by atoms with Gasteiger partial charge >= 0.3 is 12.4 Å². The molecular formula is C26H24F6N4O. The Balaban J connectivity index is 1.56. The van der Waals surface area contributed by atoms with E-state index in [2.05, 4.69) is 15.3 Å². The number of benzene rings is 2. The third-order valence-electron chi connectivity index (χ3n) is 5.97. The maximum atomic E-state index is 13.2. The van der Waals surface area contributed by atoms with Gasteiger partial charge in [-0.3, -0.25) is 4.98 Å². The van der Waals surface area contributed by atoms with Gasteiger partial charge in [0.15, 0.2) is 5.96 Å². The zero-order chi connectivity index (χ0) is 26.7. The Bertz CT molecular complexity index is 1200. The molecule has 2 heterocycles. The first kappa shape index (κ1) is 26.5. The molecular weight excluding hydrogens is 498 g/mol. The quantitative estimate of drug-likeness (QED) is 0.409. The van der Waals surface area contributed by atoms with Crippen LogP contribution >= 0.6 is 0 Å². The Morgan fingerprint density at radius 2 is 1.54 bits per heavy atom. The molecule has 0 amide bonds. The first-order chi connectivity index (χ1) is 17.5. The number of hydrogen-bond acceptors (Lipinski definition) is 3. The number of nitrogens with one attached hydrogen (secondary N) is 1. The summed E-state index contributed by atoms with van der Waals surface area (Å²) in [5.41, 5.74) is -1.98. The van der Waals surface area contributed by atoms with Crippen LogP contribution in [0.1, 0.15) is 27.8 Å². The lowest BCUT2D eigenvalue weighted by Gasteiger charge is -2.29. The van der Waals surface area contributed by atoms with Crippen molar-refractivity contribution in [2.75, 3.05) is 20.2 Å². The molecule has 0 spiro atoms. The first-order valence-electron chi connectivity index (χ1n) is 11.3. The van der Waals surface area contributed by atoms with Crippen molar-refractivity contribution in [1.82, 2.24) is 15.2 Å². The summed E-state index contributed by atoms with van der Waals surface area (Å²) in [5.74, 6) is 0.586. The van der Waals surface area contributed by atoms with Gasteiger partial charge in [-0.2, -0.15) is 26.3 Å². The number of rotatable bonds is 7. The van der Waals surface area contributed by atoms with Crippen molar-refractivity contribution in [1.29, 1.82) is 0 Å². The van der Waals surface area contributed by atoms with E-state index in [1.54, 1.807) is 12.4 Å². The fraction of sp³-hybridized carbons (Fsp3) is 0.308. The normalized spacial score (nSPS) is 19.3. The molecule has 1 fully saturated rings. The monoisotopic (exact) mass is 522 g/mol. The van der Waals surface area contributed by atoms with Gasteiger partial charge in [0.05, 0.1) is 37.4 Å². The molecule has 1 N–H and O–H groups in total. The lowest BCUT2D eigenvalue weighted by atomic mass is 9.91. The van der Waals surface area contributed by atoms with Gasteiger partial charge in [0, 0.05) is 19.4 Å². The Labute approximate surface area is 209 Å². The smallest absolute Gasteiger partial charge is 0.374 e. The van der Waals surface area contributed by atoms with Crippen molar-refractivity contribution in [2.24, 2.45) is 4.99 Å². The highest BCUT2D eigenvalue weighted by Gasteiger charge is 2.42. The van der Waals surface area contributed by atoms with E-state index >= 15 is 0 Å². The van der Waals surface area contributed by atoms with Crippen molar-refractivity contribution in [3.8, 4) is 0 Å². The number of halogens is 6. The minimum atomic E-state index is -4.92. The number of nitrogens with zero attached hydrogens (tertiary/aromatic N) is 3. The van der Waals surface area contributed by atoms with Crippen LogP contribution in [0.25, 0.3) is 0 Å². The number of likely N-dealkylation sites (N-methyl/N-ethyl adjacent to an activating group) is 1. The molecule has 0 aliphatic carbocycles. The fourth-order valence-electron chi connectivity index (χ4n) is 4.17. The number of ether oxygens (including phenoxy) is 1. The Morgan fingerprint density at radius 1 is 0.919 bits per heavy atom. The van der Waals surface area contributed by atoms with Crippen molar-refractivity contribution in [3.05, 3.63) is 101 Å². The summed E-state index contributed by atoms with van der Waals surface area (Å²) in [5, 5.41) is 3.37. The van der Waals surface area contributed by atoms with Crippen molar-refractivity contribution in [3.63, 3.8) is 0 Å². The topological polar surface area (TPSA) is 49.8 Å². The lowest BCUT2D eigenvalue weighted by Crippen LogP contribution is -2.45. The maximum Gasteiger partial charge on any atom is 0.416 e. The molecule has 0 bridgehead atoms. The standard InChI is InChI=1S/C26H24F6N4O/c1-36-16-24(20-5-3-2-4-6-20,35-23(36)34-14-18-7-9-33-10-8-18)17-37-15-19-11-21(25(27,28)29)13-22(12-19)26(30,31)32/h2-13H,14-17H2,1H3,(H,34,35). The van der Waals surface area contributed by atoms with Crippen molar-refractivity contribution < 1.29 is 31.1 Å². The number of pyridine rings is 1. The van der Waals surface area contributed by atoms with Gasteiger partial charge < -0.3 is 15.0 Å². The van der Waals surface area contributed by atoms with Crippen molar-refractivity contribution >= 4 is 5.96 Å². The summed E-state index contributed by atoms with van der Waals surface area (Å²) in [6.45, 7) is 0.359. The molecule has 196 valence electrons. The average Bonchev–Trinajstić information content (AvgIpc) is 3.19. The second kappa shape index (κ2) is 10.4. The maximum absolute atomic E-state index is 13.2. The van der Waals surface area contributed by atoms with E-state index in [4.69, 9.17) is 4.74 Å². The van der Waals surface area contributed by atoms with Crippen LogP contribution in [-0.4, -0.2) is 36.0 Å². The Morgan fingerprint density at radius 3 is 2.14 bits per heavy atom. The SMILES string of the molecule is CN1CC(COCc2cc(C(F)(F)F)cc(C(F)(F)F)c2)(c2ccccc2)NC1=NCc1ccncc1. The Kier molecular flexibility index (Phi) is 7.44. The van der Waals surface area contributed by atoms with Crippen LogP contribution in [0, 0.1) is 0 Å². The van der Waals surface area contributed by atoms with Crippen LogP contribution in [-0.2, 0) is 35.8 Å². The van der Waals surface area contributed by atoms with Gasteiger partial charge in [0.2, 0.25) is 0 Å². The molecule has 1 atom stereocenters. The molecule has 4 rings (SSSR count). The minimum Gasteiger partial charge on any atom is -0.374 e. The van der Waals surface area contributed by atoms with Gasteiger partial charge in [-0.05, 0) is 47.0 Å². The van der Waals surface area contributed by atoms with E-state index in [1.165, 1.54) is 0 Å². The highest BCUT2D eigenvalue weighted by Crippen LogP contribution is 2.37. The number of guanidine groups is 1. The molecule has 3 aromatic rings. The fourth-order valence-corrected chi connectivity index (χ4v) is 4.17. The predicted octanol–water partition coefficient (Wildman–Crippen LogP) is 5.62. The lowest BCUT2D eigenvalue weighted by molar-refractivity contribution is -0.143. The third-order valence-corrected chi connectivity index (χ3v) is 5.97. The van der Waals surface area contributed by atoms with Crippen LogP contribution < -0.4 is 5.32 Å². The van der Waals surface area contributed by atoms with Gasteiger partial charge in [-0.25, -0.2) is 4.99 Å². The molecule has 1 aliphatic rings. The summed E-state index contributed by atoms with van der Waals surface area (Å²) in [6.07, 6.45) is -6.50. The summed E-state index contributed by atoms with van der Waals surface area (Å²) in [4.78, 5) is 10.5. The molecule has 11 heteroatoms. The van der Waals surface area contributed by atoms with E-state index in [0.717, 1.165) is 11.1 Å². The number of aromatic nitrogens is 1. The largest absolute Gasteiger partial charge is 0.416 e. The van der Waals surface area contributed by atoms with E-state index in [0.29, 0.717) is 31.2 Å². The van der Waals surface area contributed by atoms with Gasteiger partial charge in [0.1, 0.15) is 5.54 Å². The summed E-state index contributed by atoms with van der Waals surface area (Å²) < 4.78 is 85.1. The third kappa shape index (κ3) is 6.40. The zero-order valence-electron chi connectivity index (χ0n) is 19.8. The number of aliphatic imine (C=N–C) groups is 1. The van der Waals surface area contributed by atoms with E-state index in [9.17, 15) is 26.3 Å². The highest BCUT2D eigenvalue weighted by molar-refractivity contribution is 5.83. The van der Waals surface area contributed by atoms with Crippen LogP contribution in [0.2, 0.25) is 0 Å². The van der Waals surface area contributed by atoms with E-state index in [-0.39, 0.29) is 18.2 Å². The van der Waals surface area contributed by atoms with Crippen LogP contribution in [0.4, 0.5) is 26.3 Å². The van der Waals surface area contributed by atoms with Crippen molar-refractivity contribution in [2.45, 2.75) is 31.0 Å². The average molecular weight is 522 g/mol. The minimum absolute atomic E-state index is 0.0206. The zero-order valence-corrected chi connectivity index (χ0v) is 19.8. The molecule has 2 aromatic carbocycles. The van der Waals surface area contributed by atoms with Gasteiger partial charge in [0.25, 0.3) is 0 Å². The van der Waals surface area contributed by atoms with Gasteiger partial charge in [-0.1, -0.05) is 30.3 Å². The van der Waals surface area contributed by atoms with E-state index in [1.807, 2.05) is 54.4 Å². The molecule has 1 aromatic heterocycles. The molecule has 0 radical (unpaired) electrons. The molecule has 1 unspecified atom stereocenters. The molecule has 37 heavy (non-hydrogen) atoms. The highest BCUT2D eigenvalue weighted by atomic mass is 19.4. The predicted molar refractivity (Wildman–Crippen MR) is 125 cm³/mol. The Hall–Kier alpha value is -3.60. The van der Waals surface area contributed by atoms with E-state index < -0.39 is 35.6 Å². The summed E-state index contributed by atoms with van der Waals surface area (Å²) in [7, 11) is 1.84. The van der Waals surface area contributed by atoms with Crippen LogP contribution in [0.5, 0.6) is 0 Å². The van der Waals surface area contributed by atoms with Crippen LogP contribution in [0.15, 0.2) is 78.0 Å². The van der Waals surface area contributed by atoms with Gasteiger partial charge in [-0.15, -0.1) is 0 Å². The molecule has 1 saturated heterocycles. The first-order valence-corrected chi connectivity index (χ1v) is 11.3. The molecule has 0 saturated carbocycles. The summed E-state index contributed by atoms with van der Waals surface area (Å²) in [6, 6.07) is 14.4. The number of hydrogen-bond donors (Lipinski definition) is 1. The second-order valence-electron chi connectivity index (χ2n) is 8.83. The molecule has 1 aliphatic heterocycles.